The molecular formula is C13H15BrN2O3. The SMILES string of the molecule is O=C(O)c1ccc(Br)c(NC(=O)N2CCCCC2)c1. The molecule has 0 aliphatic carbocycles. The molecule has 0 atom stereocenters. The Morgan fingerprint density at radius 3 is 2.53 bits per heavy atom. The normalized spacial score (nSPS) is 15.1. The molecule has 2 amide bonds. The maximum Gasteiger partial charge on any atom is 0.335 e. The molecule has 1 saturated heterocycles. The van der Waals surface area contributed by atoms with Crippen molar-refractivity contribution >= 4 is 33.6 Å². The lowest BCUT2D eigenvalue weighted by Crippen LogP contribution is -2.38. The number of carboxylic acids is 1. The van der Waals surface area contributed by atoms with Crippen LogP contribution in [0.4, 0.5) is 10.5 Å². The fraction of sp³-hybridized carbons (Fsp3) is 0.385. The van der Waals surface area contributed by atoms with Crippen molar-refractivity contribution in [2.45, 2.75) is 19.3 Å². The van der Waals surface area contributed by atoms with Crippen LogP contribution in [-0.2, 0) is 0 Å². The molecule has 1 aromatic rings. The highest BCUT2D eigenvalue weighted by molar-refractivity contribution is 9.10. The van der Waals surface area contributed by atoms with Crippen LogP contribution in [0.5, 0.6) is 0 Å². The molecule has 0 spiro atoms. The summed E-state index contributed by atoms with van der Waals surface area (Å²) in [4.78, 5) is 24.7. The van der Waals surface area contributed by atoms with Gasteiger partial charge in [-0.1, -0.05) is 0 Å². The molecule has 1 fully saturated rings. The van der Waals surface area contributed by atoms with Crippen molar-refractivity contribution in [1.82, 2.24) is 4.90 Å². The van der Waals surface area contributed by atoms with Crippen LogP contribution in [0.2, 0.25) is 0 Å². The molecule has 5 nitrogen and oxygen atoms in total. The van der Waals surface area contributed by atoms with E-state index in [1.54, 1.807) is 11.0 Å². The van der Waals surface area contributed by atoms with E-state index in [0.29, 0.717) is 10.2 Å². The summed E-state index contributed by atoms with van der Waals surface area (Å²) < 4.78 is 0.669. The molecule has 6 heteroatoms. The van der Waals surface area contributed by atoms with Crippen molar-refractivity contribution < 1.29 is 14.7 Å². The minimum atomic E-state index is -1.01. The van der Waals surface area contributed by atoms with Gasteiger partial charge in [0.05, 0.1) is 11.3 Å². The van der Waals surface area contributed by atoms with E-state index in [1.807, 2.05) is 0 Å². The summed E-state index contributed by atoms with van der Waals surface area (Å²) in [7, 11) is 0. The lowest BCUT2D eigenvalue weighted by molar-refractivity contribution is 0.0697. The number of nitrogens with one attached hydrogen (secondary N) is 1. The van der Waals surface area contributed by atoms with Crippen molar-refractivity contribution in [1.29, 1.82) is 0 Å². The summed E-state index contributed by atoms with van der Waals surface area (Å²) in [6, 6.07) is 4.38. The smallest absolute Gasteiger partial charge is 0.335 e. The second kappa shape index (κ2) is 6.06. The van der Waals surface area contributed by atoms with E-state index in [4.69, 9.17) is 5.11 Å². The third kappa shape index (κ3) is 3.47. The van der Waals surface area contributed by atoms with Crippen LogP contribution in [0.15, 0.2) is 22.7 Å². The van der Waals surface area contributed by atoms with Crippen molar-refractivity contribution in [2.24, 2.45) is 0 Å². The fourth-order valence-electron chi connectivity index (χ4n) is 2.05. The van der Waals surface area contributed by atoms with E-state index >= 15 is 0 Å². The van der Waals surface area contributed by atoms with Gasteiger partial charge in [0.15, 0.2) is 0 Å². The van der Waals surface area contributed by atoms with Crippen LogP contribution in [-0.4, -0.2) is 35.1 Å². The van der Waals surface area contributed by atoms with Crippen molar-refractivity contribution in [3.8, 4) is 0 Å². The standard InChI is InChI=1S/C13H15BrN2O3/c14-10-5-4-9(12(17)18)8-11(10)15-13(19)16-6-2-1-3-7-16/h4-5,8H,1-3,6-7H2,(H,15,19)(H,17,18). The average molecular weight is 327 g/mol. The zero-order valence-corrected chi connectivity index (χ0v) is 11.9. The molecule has 0 unspecified atom stereocenters. The number of likely N-dealkylation sites (tertiary alicyclic amines) is 1. The summed E-state index contributed by atoms with van der Waals surface area (Å²) in [5, 5.41) is 11.7. The first kappa shape index (κ1) is 13.9. The van der Waals surface area contributed by atoms with Gasteiger partial charge in [-0.25, -0.2) is 9.59 Å². The van der Waals surface area contributed by atoms with E-state index in [1.165, 1.54) is 12.1 Å². The molecule has 0 bridgehead atoms. The number of carbonyl (C=O) groups excluding carboxylic acids is 1. The number of piperidine rings is 1. The quantitative estimate of drug-likeness (QED) is 0.877. The minimum Gasteiger partial charge on any atom is -0.478 e. The Balaban J connectivity index is 2.11. The van der Waals surface area contributed by atoms with Gasteiger partial charge in [0.1, 0.15) is 0 Å². The lowest BCUT2D eigenvalue weighted by atomic mass is 10.1. The van der Waals surface area contributed by atoms with E-state index < -0.39 is 5.97 Å². The molecule has 102 valence electrons. The Hall–Kier alpha value is -1.56. The predicted octanol–water partition coefficient (Wildman–Crippen LogP) is 3.17. The number of hydrogen-bond donors (Lipinski definition) is 2. The third-order valence-electron chi connectivity index (χ3n) is 3.10. The Morgan fingerprint density at radius 2 is 1.89 bits per heavy atom. The van der Waals surface area contributed by atoms with Gasteiger partial charge in [-0.3, -0.25) is 0 Å². The number of benzene rings is 1. The number of nitrogens with zero attached hydrogens (tertiary/aromatic N) is 1. The first-order valence-electron chi connectivity index (χ1n) is 6.16. The van der Waals surface area contributed by atoms with Crippen molar-refractivity contribution in [3.05, 3.63) is 28.2 Å². The molecule has 19 heavy (non-hydrogen) atoms. The molecule has 0 saturated carbocycles. The van der Waals surface area contributed by atoms with Crippen LogP contribution in [0, 0.1) is 0 Å². The summed E-state index contributed by atoms with van der Waals surface area (Å²) >= 11 is 3.31. The zero-order chi connectivity index (χ0) is 13.8. The van der Waals surface area contributed by atoms with Gasteiger partial charge in [0.2, 0.25) is 0 Å². The van der Waals surface area contributed by atoms with Crippen molar-refractivity contribution in [2.75, 3.05) is 18.4 Å². The highest BCUT2D eigenvalue weighted by Crippen LogP contribution is 2.24. The van der Waals surface area contributed by atoms with Crippen LogP contribution in [0.25, 0.3) is 0 Å². The predicted molar refractivity (Wildman–Crippen MR) is 75.5 cm³/mol. The number of rotatable bonds is 2. The molecule has 0 aromatic heterocycles. The minimum absolute atomic E-state index is 0.150. The maximum atomic E-state index is 12.0. The Morgan fingerprint density at radius 1 is 1.21 bits per heavy atom. The number of hydrogen-bond acceptors (Lipinski definition) is 2. The van der Waals surface area contributed by atoms with Crippen LogP contribution in [0.3, 0.4) is 0 Å². The van der Waals surface area contributed by atoms with Gasteiger partial charge >= 0.3 is 12.0 Å². The van der Waals surface area contributed by atoms with Gasteiger partial charge in [-0.15, -0.1) is 0 Å². The largest absolute Gasteiger partial charge is 0.478 e. The molecular weight excluding hydrogens is 312 g/mol. The molecule has 1 aliphatic heterocycles. The van der Waals surface area contributed by atoms with Gasteiger partial charge in [-0.2, -0.15) is 0 Å². The molecule has 2 N–H and O–H groups in total. The van der Waals surface area contributed by atoms with Crippen molar-refractivity contribution in [3.63, 3.8) is 0 Å². The summed E-state index contributed by atoms with van der Waals surface area (Å²) in [6.45, 7) is 1.50. The highest BCUT2D eigenvalue weighted by atomic mass is 79.9. The lowest BCUT2D eigenvalue weighted by Gasteiger charge is -2.27. The number of carbonyl (C=O) groups is 2. The maximum absolute atomic E-state index is 12.0. The number of urea groups is 1. The Kier molecular flexibility index (Phi) is 4.42. The van der Waals surface area contributed by atoms with E-state index in [9.17, 15) is 9.59 Å². The Bertz CT molecular complexity index is 499. The number of carboxylic acid groups (broad SMARTS) is 1. The summed E-state index contributed by atoms with van der Waals surface area (Å²) in [6.07, 6.45) is 3.19. The first-order chi connectivity index (χ1) is 9.08. The molecule has 1 aromatic carbocycles. The monoisotopic (exact) mass is 326 g/mol. The van der Waals surface area contributed by atoms with Crippen LogP contribution in [0.1, 0.15) is 29.6 Å². The molecule has 2 rings (SSSR count). The highest BCUT2D eigenvalue weighted by Gasteiger charge is 2.17. The van der Waals surface area contributed by atoms with Gasteiger partial charge < -0.3 is 15.3 Å². The molecule has 0 radical (unpaired) electrons. The van der Waals surface area contributed by atoms with E-state index in [0.717, 1.165) is 32.4 Å². The number of anilines is 1. The van der Waals surface area contributed by atoms with Gasteiger partial charge in [0.25, 0.3) is 0 Å². The molecule has 1 heterocycles. The van der Waals surface area contributed by atoms with Crippen LogP contribution >= 0.6 is 15.9 Å². The molecule has 1 aliphatic rings. The Labute approximate surface area is 119 Å². The van der Waals surface area contributed by atoms with Gasteiger partial charge in [-0.05, 0) is 53.4 Å². The number of aromatic carboxylic acids is 1. The van der Waals surface area contributed by atoms with Crippen LogP contribution < -0.4 is 5.32 Å². The topological polar surface area (TPSA) is 69.6 Å². The average Bonchev–Trinajstić information content (AvgIpc) is 2.42. The second-order valence-electron chi connectivity index (χ2n) is 4.48. The van der Waals surface area contributed by atoms with Gasteiger partial charge in [0, 0.05) is 17.6 Å². The number of amides is 2. The number of halogens is 1. The van der Waals surface area contributed by atoms with E-state index in [2.05, 4.69) is 21.2 Å². The summed E-state index contributed by atoms with van der Waals surface area (Å²) in [5.74, 6) is -1.01. The third-order valence-corrected chi connectivity index (χ3v) is 3.79. The second-order valence-corrected chi connectivity index (χ2v) is 5.33. The van der Waals surface area contributed by atoms with E-state index in [-0.39, 0.29) is 11.6 Å². The summed E-state index contributed by atoms with van der Waals surface area (Å²) in [5.41, 5.74) is 0.632. The first-order valence-corrected chi connectivity index (χ1v) is 6.96. The fourth-order valence-corrected chi connectivity index (χ4v) is 2.39. The zero-order valence-electron chi connectivity index (χ0n) is 10.4.